The Morgan fingerprint density at radius 1 is 0.962 bits per heavy atom. The fourth-order valence-corrected chi connectivity index (χ4v) is 4.70. The van der Waals surface area contributed by atoms with Crippen molar-refractivity contribution in [2.45, 2.75) is 44.2 Å². The van der Waals surface area contributed by atoms with E-state index in [9.17, 15) is 4.79 Å². The summed E-state index contributed by atoms with van der Waals surface area (Å²) in [5.74, 6) is 0.988. The first-order chi connectivity index (χ1) is 12.8. The normalized spacial score (nSPS) is 22.7. The van der Waals surface area contributed by atoms with Crippen LogP contribution in [0.2, 0.25) is 0 Å². The highest BCUT2D eigenvalue weighted by atomic mass is 16.2. The number of carbonyl (C=O) groups excluding carboxylic acids is 1. The molecule has 1 aliphatic heterocycles. The summed E-state index contributed by atoms with van der Waals surface area (Å²) in [7, 11) is 0. The van der Waals surface area contributed by atoms with Crippen molar-refractivity contribution in [1.82, 2.24) is 10.2 Å². The summed E-state index contributed by atoms with van der Waals surface area (Å²) >= 11 is 0. The van der Waals surface area contributed by atoms with Gasteiger partial charge in [0.15, 0.2) is 0 Å². The lowest BCUT2D eigenvalue weighted by atomic mass is 9.91. The lowest BCUT2D eigenvalue weighted by Crippen LogP contribution is -2.48. The maximum Gasteiger partial charge on any atom is 0.242 e. The Kier molecular flexibility index (Phi) is 4.05. The monoisotopic (exact) mass is 346 g/mol. The summed E-state index contributed by atoms with van der Waals surface area (Å²) in [5, 5.41) is 3.38. The van der Waals surface area contributed by atoms with E-state index in [-0.39, 0.29) is 18.0 Å². The van der Waals surface area contributed by atoms with Gasteiger partial charge in [0.1, 0.15) is 6.04 Å². The highest BCUT2D eigenvalue weighted by molar-refractivity contribution is 5.84. The lowest BCUT2D eigenvalue weighted by molar-refractivity contribution is -0.127. The number of fused-ring (bicyclic) bond motifs is 2. The Balaban J connectivity index is 1.36. The Hall–Kier alpha value is -2.13. The first-order valence-electron chi connectivity index (χ1n) is 9.97. The van der Waals surface area contributed by atoms with Crippen molar-refractivity contribution >= 4 is 5.91 Å². The van der Waals surface area contributed by atoms with Gasteiger partial charge >= 0.3 is 0 Å². The molecule has 2 aromatic rings. The molecule has 0 spiro atoms. The molecule has 26 heavy (non-hydrogen) atoms. The molecule has 1 amide bonds. The molecule has 1 saturated carbocycles. The van der Waals surface area contributed by atoms with Crippen LogP contribution in [-0.4, -0.2) is 29.9 Å². The van der Waals surface area contributed by atoms with E-state index in [0.717, 1.165) is 38.3 Å². The quantitative estimate of drug-likeness (QED) is 0.921. The molecule has 1 atom stereocenters. The Morgan fingerprint density at radius 2 is 1.62 bits per heavy atom. The van der Waals surface area contributed by atoms with Crippen molar-refractivity contribution < 1.29 is 4.79 Å². The Labute approximate surface area is 155 Å². The summed E-state index contributed by atoms with van der Waals surface area (Å²) in [6.07, 6.45) is 5.62. The standard InChI is InChI=1S/C23H26N2O/c26-23(24-20-13-18-6-1-2-7-19(18)14-20)22-21-8-4-3-5-17(21)11-12-25(22)15-16-9-10-16/h1-8,16,20,22H,9-15H2,(H,24,26). The number of nitrogens with one attached hydrogen (secondary N) is 1. The van der Waals surface area contributed by atoms with Crippen molar-refractivity contribution in [3.05, 3.63) is 70.8 Å². The fourth-order valence-electron chi connectivity index (χ4n) is 4.70. The van der Waals surface area contributed by atoms with E-state index in [2.05, 4.69) is 58.7 Å². The second-order valence-electron chi connectivity index (χ2n) is 8.17. The van der Waals surface area contributed by atoms with Crippen molar-refractivity contribution in [3.63, 3.8) is 0 Å². The van der Waals surface area contributed by atoms with E-state index in [1.807, 2.05) is 0 Å². The maximum atomic E-state index is 13.3. The van der Waals surface area contributed by atoms with Gasteiger partial charge in [-0.2, -0.15) is 0 Å². The summed E-state index contributed by atoms with van der Waals surface area (Å²) in [6, 6.07) is 17.2. The summed E-state index contributed by atoms with van der Waals surface area (Å²) in [5.41, 5.74) is 5.33. The van der Waals surface area contributed by atoms with Crippen LogP contribution in [0.25, 0.3) is 0 Å². The molecule has 1 unspecified atom stereocenters. The van der Waals surface area contributed by atoms with Crippen LogP contribution in [0.15, 0.2) is 48.5 Å². The molecule has 0 bridgehead atoms. The number of hydrogen-bond donors (Lipinski definition) is 1. The molecule has 1 N–H and O–H groups in total. The molecule has 3 nitrogen and oxygen atoms in total. The van der Waals surface area contributed by atoms with Crippen molar-refractivity contribution in [2.24, 2.45) is 5.92 Å². The van der Waals surface area contributed by atoms with Gasteiger partial charge in [-0.05, 0) is 60.3 Å². The van der Waals surface area contributed by atoms with E-state index >= 15 is 0 Å². The average Bonchev–Trinajstić information content (AvgIpc) is 3.38. The van der Waals surface area contributed by atoms with Gasteiger partial charge in [0.2, 0.25) is 5.91 Å². The largest absolute Gasteiger partial charge is 0.351 e. The molecule has 0 radical (unpaired) electrons. The van der Waals surface area contributed by atoms with Gasteiger partial charge in [0.05, 0.1) is 0 Å². The van der Waals surface area contributed by atoms with Gasteiger partial charge < -0.3 is 5.32 Å². The van der Waals surface area contributed by atoms with Gasteiger partial charge in [-0.3, -0.25) is 9.69 Å². The van der Waals surface area contributed by atoms with Gasteiger partial charge in [0, 0.05) is 19.1 Å². The highest BCUT2D eigenvalue weighted by Crippen LogP contribution is 2.36. The van der Waals surface area contributed by atoms with E-state index < -0.39 is 0 Å². The topological polar surface area (TPSA) is 32.3 Å². The predicted octanol–water partition coefficient (Wildman–Crippen LogP) is 3.28. The highest BCUT2D eigenvalue weighted by Gasteiger charge is 2.37. The van der Waals surface area contributed by atoms with E-state index in [4.69, 9.17) is 0 Å². The van der Waals surface area contributed by atoms with Gasteiger partial charge in [-0.25, -0.2) is 0 Å². The fraction of sp³-hybridized carbons (Fsp3) is 0.435. The average molecular weight is 346 g/mol. The molecule has 1 fully saturated rings. The number of nitrogens with zero attached hydrogens (tertiary/aromatic N) is 1. The zero-order valence-corrected chi connectivity index (χ0v) is 15.2. The minimum absolute atomic E-state index is 0.121. The van der Waals surface area contributed by atoms with Crippen LogP contribution in [0.4, 0.5) is 0 Å². The minimum atomic E-state index is -0.121. The molecule has 2 aliphatic carbocycles. The molecule has 3 aliphatic rings. The second kappa shape index (κ2) is 6.55. The Morgan fingerprint density at radius 3 is 2.31 bits per heavy atom. The predicted molar refractivity (Wildman–Crippen MR) is 103 cm³/mol. The number of carbonyl (C=O) groups is 1. The first kappa shape index (κ1) is 16.1. The van der Waals surface area contributed by atoms with Crippen LogP contribution in [0, 0.1) is 5.92 Å². The summed E-state index contributed by atoms with van der Waals surface area (Å²) < 4.78 is 0. The van der Waals surface area contributed by atoms with Crippen LogP contribution in [0.1, 0.15) is 41.1 Å². The molecule has 0 aromatic heterocycles. The van der Waals surface area contributed by atoms with Gasteiger partial charge in [0.25, 0.3) is 0 Å². The molecular weight excluding hydrogens is 320 g/mol. The Bertz CT molecular complexity index is 801. The number of hydrogen-bond acceptors (Lipinski definition) is 2. The number of rotatable bonds is 4. The molecule has 1 heterocycles. The second-order valence-corrected chi connectivity index (χ2v) is 8.17. The molecule has 0 saturated heterocycles. The molecular formula is C23H26N2O. The molecule has 5 rings (SSSR count). The third-order valence-electron chi connectivity index (χ3n) is 6.22. The third-order valence-corrected chi connectivity index (χ3v) is 6.22. The SMILES string of the molecule is O=C(NC1Cc2ccccc2C1)C1c2ccccc2CCN1CC1CC1. The van der Waals surface area contributed by atoms with Crippen LogP contribution >= 0.6 is 0 Å². The van der Waals surface area contributed by atoms with Crippen LogP contribution in [-0.2, 0) is 24.1 Å². The van der Waals surface area contributed by atoms with E-state index in [1.54, 1.807) is 0 Å². The van der Waals surface area contributed by atoms with Crippen molar-refractivity contribution in [2.75, 3.05) is 13.1 Å². The zero-order valence-electron chi connectivity index (χ0n) is 15.2. The maximum absolute atomic E-state index is 13.3. The van der Waals surface area contributed by atoms with Crippen molar-refractivity contribution in [3.8, 4) is 0 Å². The smallest absolute Gasteiger partial charge is 0.242 e. The molecule has 3 heteroatoms. The first-order valence-corrected chi connectivity index (χ1v) is 9.97. The molecule has 2 aromatic carbocycles. The van der Waals surface area contributed by atoms with Gasteiger partial charge in [-0.15, -0.1) is 0 Å². The third kappa shape index (κ3) is 3.05. The van der Waals surface area contributed by atoms with Crippen molar-refractivity contribution in [1.29, 1.82) is 0 Å². The lowest BCUT2D eigenvalue weighted by Gasteiger charge is -2.37. The number of amides is 1. The van der Waals surface area contributed by atoms with Crippen LogP contribution in [0.3, 0.4) is 0 Å². The van der Waals surface area contributed by atoms with E-state index in [1.165, 1.54) is 35.1 Å². The minimum Gasteiger partial charge on any atom is -0.351 e. The summed E-state index contributed by atoms with van der Waals surface area (Å²) in [6.45, 7) is 2.06. The summed E-state index contributed by atoms with van der Waals surface area (Å²) in [4.78, 5) is 15.8. The van der Waals surface area contributed by atoms with Crippen LogP contribution < -0.4 is 5.32 Å². The molecule has 134 valence electrons. The van der Waals surface area contributed by atoms with E-state index in [0.29, 0.717) is 0 Å². The zero-order chi connectivity index (χ0) is 17.5. The van der Waals surface area contributed by atoms with Gasteiger partial charge in [-0.1, -0.05) is 48.5 Å². The number of benzene rings is 2. The van der Waals surface area contributed by atoms with Crippen LogP contribution in [0.5, 0.6) is 0 Å².